The highest BCUT2D eigenvalue weighted by atomic mass is 32.2. The Labute approximate surface area is 214 Å². The van der Waals surface area contributed by atoms with Crippen molar-refractivity contribution in [3.63, 3.8) is 0 Å². The minimum Gasteiger partial charge on any atom is -0.465 e. The number of aliphatic hydroxyl groups is 1. The van der Waals surface area contributed by atoms with Crippen molar-refractivity contribution in [2.45, 2.75) is 87.9 Å². The van der Waals surface area contributed by atoms with Crippen molar-refractivity contribution in [1.82, 2.24) is 9.80 Å². The van der Waals surface area contributed by atoms with E-state index in [-0.39, 0.29) is 43.0 Å². The molecule has 2 bridgehead atoms. The molecule has 2 unspecified atom stereocenters. The van der Waals surface area contributed by atoms with Gasteiger partial charge in [0.25, 0.3) is 0 Å². The van der Waals surface area contributed by atoms with Crippen molar-refractivity contribution < 1.29 is 24.2 Å². The molecule has 1 N–H and O–H groups in total. The molecule has 0 aromatic carbocycles. The zero-order valence-electron chi connectivity index (χ0n) is 21.9. The number of fused-ring (bicyclic) bond motifs is 1. The molecule has 3 heterocycles. The van der Waals surface area contributed by atoms with E-state index < -0.39 is 33.4 Å². The Morgan fingerprint density at radius 3 is 2.51 bits per heavy atom. The molecule has 0 aliphatic carbocycles. The Morgan fingerprint density at radius 2 is 1.97 bits per heavy atom. The van der Waals surface area contributed by atoms with E-state index >= 15 is 0 Å². The molecule has 35 heavy (non-hydrogen) atoms. The Kier molecular flexibility index (Phi) is 8.47. The first kappa shape index (κ1) is 27.8. The predicted molar refractivity (Wildman–Crippen MR) is 139 cm³/mol. The maximum Gasteiger partial charge on any atom is 0.311 e. The minimum atomic E-state index is -0.744. The van der Waals surface area contributed by atoms with Gasteiger partial charge < -0.3 is 19.6 Å². The number of ether oxygens (including phenoxy) is 1. The number of hydrogen-bond donors (Lipinski definition) is 1. The van der Waals surface area contributed by atoms with E-state index in [1.165, 1.54) is 0 Å². The van der Waals surface area contributed by atoms with Crippen LogP contribution < -0.4 is 0 Å². The molecule has 3 rings (SSSR count). The van der Waals surface area contributed by atoms with E-state index in [1.54, 1.807) is 33.7 Å². The molecular weight excluding hydrogens is 464 g/mol. The van der Waals surface area contributed by atoms with Crippen LogP contribution in [0, 0.1) is 17.8 Å². The van der Waals surface area contributed by atoms with Gasteiger partial charge in [-0.2, -0.15) is 0 Å². The molecule has 3 aliphatic rings. The van der Waals surface area contributed by atoms with E-state index in [9.17, 15) is 19.5 Å². The number of hydrogen-bond acceptors (Lipinski definition) is 6. The average molecular weight is 507 g/mol. The summed E-state index contributed by atoms with van der Waals surface area (Å²) in [4.78, 5) is 45.2. The number of aliphatic hydroxyl groups excluding tert-OH is 1. The normalized spacial score (nSPS) is 32.9. The first-order valence-electron chi connectivity index (χ1n) is 12.9. The van der Waals surface area contributed by atoms with Gasteiger partial charge in [-0.1, -0.05) is 32.4 Å². The second kappa shape index (κ2) is 10.7. The fourth-order valence-corrected chi connectivity index (χ4v) is 8.68. The average Bonchev–Trinajstić information content (AvgIpc) is 3.38. The van der Waals surface area contributed by atoms with Gasteiger partial charge in [0.15, 0.2) is 0 Å². The van der Waals surface area contributed by atoms with Gasteiger partial charge in [0.05, 0.1) is 35.8 Å². The molecule has 0 aromatic heterocycles. The standard InChI is InChI=1S/C27H42N2O5S/c1-8-11-15-34-25(33)21-20-23(31)29(19(16-30)18(6)10-3)22(24(32)28(14-9-2)17(4)5)27(20)13-12-26(21,7)35-27/h8-9,17-22,30H,1-2,10-16H2,3-7H3/t18-,19-,20-,21+,22?,26-,27?/m0/s1. The van der Waals surface area contributed by atoms with Crippen molar-refractivity contribution in [2.75, 3.05) is 19.8 Å². The summed E-state index contributed by atoms with van der Waals surface area (Å²) in [7, 11) is 0. The van der Waals surface area contributed by atoms with Gasteiger partial charge in [0, 0.05) is 17.3 Å². The lowest BCUT2D eigenvalue weighted by Crippen LogP contribution is -2.59. The third-order valence-corrected chi connectivity index (χ3v) is 10.3. The summed E-state index contributed by atoms with van der Waals surface area (Å²) in [6.07, 6.45) is 6.11. The van der Waals surface area contributed by atoms with Crippen LogP contribution in [-0.4, -0.2) is 80.1 Å². The quantitative estimate of drug-likeness (QED) is 0.248. The van der Waals surface area contributed by atoms with Crippen molar-refractivity contribution in [1.29, 1.82) is 0 Å². The van der Waals surface area contributed by atoms with Crippen LogP contribution in [0.5, 0.6) is 0 Å². The fraction of sp³-hybridized carbons (Fsp3) is 0.741. The van der Waals surface area contributed by atoms with Crippen LogP contribution in [-0.2, 0) is 19.1 Å². The summed E-state index contributed by atoms with van der Waals surface area (Å²) >= 11 is 1.63. The Bertz CT molecular complexity index is 863. The maximum absolute atomic E-state index is 14.2. The molecule has 1 spiro atoms. The smallest absolute Gasteiger partial charge is 0.311 e. The minimum absolute atomic E-state index is 0.00263. The molecular formula is C27H42N2O5S. The second-order valence-corrected chi connectivity index (χ2v) is 12.6. The number of likely N-dealkylation sites (tertiary alicyclic amines) is 1. The Balaban J connectivity index is 2.12. The number of amides is 2. The lowest BCUT2D eigenvalue weighted by atomic mass is 9.66. The summed E-state index contributed by atoms with van der Waals surface area (Å²) in [5.74, 6) is -1.97. The van der Waals surface area contributed by atoms with Crippen LogP contribution in [0.25, 0.3) is 0 Å². The number of nitrogens with zero attached hydrogens (tertiary/aromatic N) is 2. The van der Waals surface area contributed by atoms with Crippen molar-refractivity contribution in [3.05, 3.63) is 25.3 Å². The lowest BCUT2D eigenvalue weighted by molar-refractivity contribution is -0.156. The summed E-state index contributed by atoms with van der Waals surface area (Å²) in [5, 5.41) is 10.4. The van der Waals surface area contributed by atoms with Crippen molar-refractivity contribution in [3.8, 4) is 0 Å². The number of carbonyl (C=O) groups excluding carboxylic acids is 3. The molecule has 8 heteroatoms. The van der Waals surface area contributed by atoms with E-state index in [0.29, 0.717) is 19.4 Å². The third kappa shape index (κ3) is 4.45. The maximum atomic E-state index is 14.2. The van der Waals surface area contributed by atoms with Crippen LogP contribution in [0.15, 0.2) is 25.3 Å². The number of carbonyl (C=O) groups is 3. The van der Waals surface area contributed by atoms with Crippen molar-refractivity contribution in [2.24, 2.45) is 17.8 Å². The fourth-order valence-electron chi connectivity index (χ4n) is 6.36. The summed E-state index contributed by atoms with van der Waals surface area (Å²) in [6, 6.07) is -1.32. The van der Waals surface area contributed by atoms with Gasteiger partial charge in [-0.3, -0.25) is 14.4 Å². The summed E-state index contributed by atoms with van der Waals surface area (Å²) in [5.41, 5.74) is 0. The number of rotatable bonds is 12. The summed E-state index contributed by atoms with van der Waals surface area (Å²) < 4.78 is 4.40. The van der Waals surface area contributed by atoms with Crippen LogP contribution in [0.2, 0.25) is 0 Å². The molecule has 0 saturated carbocycles. The predicted octanol–water partition coefficient (Wildman–Crippen LogP) is 3.42. The molecule has 7 atom stereocenters. The monoisotopic (exact) mass is 506 g/mol. The van der Waals surface area contributed by atoms with Gasteiger partial charge in [-0.25, -0.2) is 0 Å². The lowest BCUT2D eigenvalue weighted by Gasteiger charge is -2.42. The Morgan fingerprint density at radius 1 is 1.29 bits per heavy atom. The van der Waals surface area contributed by atoms with Gasteiger partial charge in [0.2, 0.25) is 11.8 Å². The molecule has 3 saturated heterocycles. The van der Waals surface area contributed by atoms with Crippen LogP contribution in [0.4, 0.5) is 0 Å². The van der Waals surface area contributed by atoms with Gasteiger partial charge >= 0.3 is 5.97 Å². The van der Waals surface area contributed by atoms with E-state index in [2.05, 4.69) is 13.2 Å². The van der Waals surface area contributed by atoms with E-state index in [4.69, 9.17) is 4.74 Å². The molecule has 3 fully saturated rings. The molecule has 0 radical (unpaired) electrons. The van der Waals surface area contributed by atoms with E-state index in [1.807, 2.05) is 34.6 Å². The van der Waals surface area contributed by atoms with Gasteiger partial charge in [-0.15, -0.1) is 24.9 Å². The van der Waals surface area contributed by atoms with E-state index in [0.717, 1.165) is 12.8 Å². The number of thioether (sulfide) groups is 1. The zero-order valence-corrected chi connectivity index (χ0v) is 22.7. The molecule has 196 valence electrons. The molecule has 3 aliphatic heterocycles. The Hall–Kier alpha value is -1.80. The highest BCUT2D eigenvalue weighted by molar-refractivity contribution is 8.02. The topological polar surface area (TPSA) is 87.1 Å². The highest BCUT2D eigenvalue weighted by Crippen LogP contribution is 2.72. The largest absolute Gasteiger partial charge is 0.465 e. The first-order valence-corrected chi connectivity index (χ1v) is 13.7. The third-order valence-electron chi connectivity index (χ3n) is 8.35. The highest BCUT2D eigenvalue weighted by Gasteiger charge is 2.78. The summed E-state index contributed by atoms with van der Waals surface area (Å²) in [6.45, 7) is 17.8. The first-order chi connectivity index (χ1) is 16.5. The number of esters is 1. The van der Waals surface area contributed by atoms with Crippen LogP contribution >= 0.6 is 11.8 Å². The molecule has 7 nitrogen and oxygen atoms in total. The molecule has 2 amide bonds. The SMILES string of the molecule is C=CCCOC(=O)[C@H]1[C@H]2C(=O)N([C@@H](CO)[C@@H](C)CC)C(C(=O)N(CC=C)C(C)C)C23CC[C@]1(C)S3. The van der Waals surface area contributed by atoms with Crippen LogP contribution in [0.3, 0.4) is 0 Å². The van der Waals surface area contributed by atoms with Gasteiger partial charge in [-0.05, 0) is 46.0 Å². The molecule has 0 aromatic rings. The van der Waals surface area contributed by atoms with Crippen molar-refractivity contribution >= 4 is 29.5 Å². The van der Waals surface area contributed by atoms with Gasteiger partial charge in [0.1, 0.15) is 6.04 Å². The zero-order chi connectivity index (χ0) is 26.1. The van der Waals surface area contributed by atoms with Crippen LogP contribution in [0.1, 0.15) is 60.3 Å². The second-order valence-electron chi connectivity index (χ2n) is 10.7.